The first-order chi connectivity index (χ1) is 7.20. The van der Waals surface area contributed by atoms with E-state index in [1.165, 1.54) is 18.4 Å². The van der Waals surface area contributed by atoms with Gasteiger partial charge in [0.25, 0.3) is 0 Å². The van der Waals surface area contributed by atoms with Crippen molar-refractivity contribution in [3.63, 3.8) is 0 Å². The summed E-state index contributed by atoms with van der Waals surface area (Å²) in [5.74, 6) is 1.95. The highest BCUT2D eigenvalue weighted by Crippen LogP contribution is 2.47. The summed E-state index contributed by atoms with van der Waals surface area (Å²) in [5.41, 5.74) is 1.42. The van der Waals surface area contributed by atoms with Crippen molar-refractivity contribution in [1.82, 2.24) is 0 Å². The summed E-state index contributed by atoms with van der Waals surface area (Å²) >= 11 is 6.55. The maximum atomic E-state index is 6.55. The van der Waals surface area contributed by atoms with E-state index in [1.807, 2.05) is 0 Å². The summed E-state index contributed by atoms with van der Waals surface area (Å²) in [6.07, 6.45) is 2.71. The molecule has 0 radical (unpaired) electrons. The van der Waals surface area contributed by atoms with E-state index in [0.29, 0.717) is 11.8 Å². The van der Waals surface area contributed by atoms with Crippen LogP contribution in [0.2, 0.25) is 0 Å². The summed E-state index contributed by atoms with van der Waals surface area (Å²) < 4.78 is 0. The fraction of sp³-hybridized carbons (Fsp3) is 0.571. The Morgan fingerprint density at radius 2 is 1.73 bits per heavy atom. The SMILES string of the molecule is CC(C)C(Cl)C(c1ccccc1)C1CC1. The van der Waals surface area contributed by atoms with Crippen molar-refractivity contribution in [2.75, 3.05) is 0 Å². The molecule has 0 bridgehead atoms. The molecule has 1 aromatic carbocycles. The number of hydrogen-bond donors (Lipinski definition) is 0. The van der Waals surface area contributed by atoms with E-state index in [4.69, 9.17) is 11.6 Å². The van der Waals surface area contributed by atoms with Gasteiger partial charge in [0.05, 0.1) is 0 Å². The molecule has 2 rings (SSSR count). The predicted molar refractivity (Wildman–Crippen MR) is 66.4 cm³/mol. The largest absolute Gasteiger partial charge is 0.122 e. The first kappa shape index (κ1) is 11.0. The summed E-state index contributed by atoms with van der Waals surface area (Å²) in [6, 6.07) is 10.8. The Balaban J connectivity index is 2.20. The molecule has 0 aliphatic heterocycles. The van der Waals surface area contributed by atoms with Crippen molar-refractivity contribution in [3.05, 3.63) is 35.9 Å². The number of alkyl halides is 1. The van der Waals surface area contributed by atoms with Crippen molar-refractivity contribution < 1.29 is 0 Å². The van der Waals surface area contributed by atoms with Gasteiger partial charge in [-0.1, -0.05) is 44.2 Å². The van der Waals surface area contributed by atoms with Gasteiger partial charge >= 0.3 is 0 Å². The van der Waals surface area contributed by atoms with Crippen LogP contribution in [0.25, 0.3) is 0 Å². The Hall–Kier alpha value is -0.490. The van der Waals surface area contributed by atoms with Crippen LogP contribution < -0.4 is 0 Å². The summed E-state index contributed by atoms with van der Waals surface area (Å²) in [5, 5.41) is 0.278. The Labute approximate surface area is 97.6 Å². The van der Waals surface area contributed by atoms with Crippen LogP contribution in [0, 0.1) is 11.8 Å². The zero-order chi connectivity index (χ0) is 10.8. The Kier molecular flexibility index (Phi) is 3.35. The lowest BCUT2D eigenvalue weighted by atomic mass is 9.86. The van der Waals surface area contributed by atoms with Crippen LogP contribution in [-0.4, -0.2) is 5.38 Å². The number of hydrogen-bond acceptors (Lipinski definition) is 0. The minimum absolute atomic E-state index is 0.278. The van der Waals surface area contributed by atoms with Gasteiger partial charge in [-0.3, -0.25) is 0 Å². The molecular weight excluding hydrogens is 204 g/mol. The molecule has 0 amide bonds. The van der Waals surface area contributed by atoms with E-state index >= 15 is 0 Å². The quantitative estimate of drug-likeness (QED) is 0.661. The van der Waals surface area contributed by atoms with Crippen LogP contribution in [-0.2, 0) is 0 Å². The molecule has 2 unspecified atom stereocenters. The Morgan fingerprint density at radius 1 is 1.13 bits per heavy atom. The van der Waals surface area contributed by atoms with E-state index in [9.17, 15) is 0 Å². The monoisotopic (exact) mass is 222 g/mol. The molecule has 0 N–H and O–H groups in total. The fourth-order valence-corrected chi connectivity index (χ4v) is 2.61. The predicted octanol–water partition coefficient (Wildman–Crippen LogP) is 4.44. The van der Waals surface area contributed by atoms with Crippen LogP contribution in [0.1, 0.15) is 38.2 Å². The molecule has 1 saturated carbocycles. The normalized spacial score (nSPS) is 20.3. The topological polar surface area (TPSA) is 0 Å². The van der Waals surface area contributed by atoms with E-state index in [-0.39, 0.29) is 5.38 Å². The Bertz CT molecular complexity index is 300. The number of benzene rings is 1. The molecule has 15 heavy (non-hydrogen) atoms. The molecule has 0 spiro atoms. The second kappa shape index (κ2) is 4.57. The van der Waals surface area contributed by atoms with Gasteiger partial charge in [-0.2, -0.15) is 0 Å². The lowest BCUT2D eigenvalue weighted by Crippen LogP contribution is -2.20. The third-order valence-electron chi connectivity index (χ3n) is 3.29. The van der Waals surface area contributed by atoms with Crippen molar-refractivity contribution in [3.8, 4) is 0 Å². The zero-order valence-corrected chi connectivity index (χ0v) is 10.2. The first-order valence-electron chi connectivity index (χ1n) is 5.89. The van der Waals surface area contributed by atoms with Crippen LogP contribution in [0.3, 0.4) is 0 Å². The molecular formula is C14H19Cl. The van der Waals surface area contributed by atoms with E-state index in [1.54, 1.807) is 0 Å². The molecule has 82 valence electrons. The van der Waals surface area contributed by atoms with Gasteiger partial charge in [-0.15, -0.1) is 11.6 Å². The van der Waals surface area contributed by atoms with Crippen LogP contribution >= 0.6 is 11.6 Å². The molecule has 2 atom stereocenters. The smallest absolute Gasteiger partial charge is 0.0430 e. The molecule has 1 heteroatoms. The van der Waals surface area contributed by atoms with Gasteiger partial charge in [0.1, 0.15) is 0 Å². The first-order valence-corrected chi connectivity index (χ1v) is 6.33. The van der Waals surface area contributed by atoms with Crippen molar-refractivity contribution in [1.29, 1.82) is 0 Å². The molecule has 1 fully saturated rings. The third-order valence-corrected chi connectivity index (χ3v) is 4.07. The molecule has 1 aliphatic rings. The minimum Gasteiger partial charge on any atom is -0.122 e. The average molecular weight is 223 g/mol. The Morgan fingerprint density at radius 3 is 2.20 bits per heavy atom. The summed E-state index contributed by atoms with van der Waals surface area (Å²) in [6.45, 7) is 4.44. The average Bonchev–Trinajstić information content (AvgIpc) is 3.04. The van der Waals surface area contributed by atoms with E-state index in [0.717, 1.165) is 5.92 Å². The van der Waals surface area contributed by atoms with Gasteiger partial charge in [0.2, 0.25) is 0 Å². The maximum absolute atomic E-state index is 6.55. The molecule has 0 heterocycles. The molecule has 0 saturated heterocycles. The van der Waals surface area contributed by atoms with Crippen molar-refractivity contribution in [2.24, 2.45) is 11.8 Å². The fourth-order valence-electron chi connectivity index (χ4n) is 2.26. The highest BCUT2D eigenvalue weighted by molar-refractivity contribution is 6.21. The van der Waals surface area contributed by atoms with Gasteiger partial charge in [-0.05, 0) is 30.2 Å². The molecule has 0 aromatic heterocycles. The lowest BCUT2D eigenvalue weighted by molar-refractivity contribution is 0.471. The second-order valence-corrected chi connectivity index (χ2v) is 5.47. The van der Waals surface area contributed by atoms with Crippen LogP contribution in [0.4, 0.5) is 0 Å². The molecule has 0 nitrogen and oxygen atoms in total. The van der Waals surface area contributed by atoms with Crippen LogP contribution in [0.15, 0.2) is 30.3 Å². The van der Waals surface area contributed by atoms with Gasteiger partial charge in [0, 0.05) is 11.3 Å². The van der Waals surface area contributed by atoms with Gasteiger partial charge in [0.15, 0.2) is 0 Å². The van der Waals surface area contributed by atoms with E-state index in [2.05, 4.69) is 44.2 Å². The highest BCUT2D eigenvalue weighted by Gasteiger charge is 2.37. The van der Waals surface area contributed by atoms with Gasteiger partial charge in [-0.25, -0.2) is 0 Å². The zero-order valence-electron chi connectivity index (χ0n) is 9.49. The van der Waals surface area contributed by atoms with Crippen molar-refractivity contribution >= 4 is 11.6 Å². The number of halogens is 1. The standard InChI is InChI=1S/C14H19Cl/c1-10(2)14(15)13(12-8-9-12)11-6-4-3-5-7-11/h3-7,10,12-14H,8-9H2,1-2H3. The maximum Gasteiger partial charge on any atom is 0.0430 e. The molecule has 1 aliphatic carbocycles. The van der Waals surface area contributed by atoms with E-state index < -0.39 is 0 Å². The summed E-state index contributed by atoms with van der Waals surface area (Å²) in [7, 11) is 0. The number of rotatable bonds is 4. The third kappa shape index (κ3) is 2.55. The summed E-state index contributed by atoms with van der Waals surface area (Å²) in [4.78, 5) is 0. The highest BCUT2D eigenvalue weighted by atomic mass is 35.5. The van der Waals surface area contributed by atoms with Crippen LogP contribution in [0.5, 0.6) is 0 Å². The minimum atomic E-state index is 0.278. The molecule has 1 aromatic rings. The van der Waals surface area contributed by atoms with Crippen molar-refractivity contribution in [2.45, 2.75) is 38.0 Å². The lowest BCUT2D eigenvalue weighted by Gasteiger charge is -2.25. The van der Waals surface area contributed by atoms with Gasteiger partial charge < -0.3 is 0 Å². The second-order valence-electron chi connectivity index (χ2n) is 4.96.